The topological polar surface area (TPSA) is 76.1 Å². The molecule has 1 aromatic heterocycles. The summed E-state index contributed by atoms with van der Waals surface area (Å²) in [6, 6.07) is 11.1. The van der Waals surface area contributed by atoms with Gasteiger partial charge in [0.15, 0.2) is 5.69 Å². The molecule has 0 saturated heterocycles. The van der Waals surface area contributed by atoms with Crippen LogP contribution in [0.15, 0.2) is 36.4 Å². The summed E-state index contributed by atoms with van der Waals surface area (Å²) >= 11 is 0. The van der Waals surface area contributed by atoms with Gasteiger partial charge in [0.2, 0.25) is 0 Å². The second kappa shape index (κ2) is 8.85. The highest BCUT2D eigenvalue weighted by molar-refractivity contribution is 6.03. The highest BCUT2D eigenvalue weighted by Crippen LogP contribution is 2.16. The van der Waals surface area contributed by atoms with E-state index in [1.165, 1.54) is 0 Å². The van der Waals surface area contributed by atoms with Crippen molar-refractivity contribution in [1.82, 2.24) is 10.2 Å². The van der Waals surface area contributed by atoms with E-state index in [-0.39, 0.29) is 5.91 Å². The first-order chi connectivity index (χ1) is 11.2. The molecule has 0 saturated carbocycles. The molecule has 1 amide bonds. The number of benzene rings is 1. The number of nitrogens with zero attached hydrogens (tertiary/aromatic N) is 2. The second-order valence-electron chi connectivity index (χ2n) is 5.04. The summed E-state index contributed by atoms with van der Waals surface area (Å²) < 4.78 is 4.98. The van der Waals surface area contributed by atoms with Crippen LogP contribution in [0.1, 0.15) is 29.4 Å². The predicted molar refractivity (Wildman–Crippen MR) is 90.8 cm³/mol. The summed E-state index contributed by atoms with van der Waals surface area (Å²) in [7, 11) is 1.67. The number of rotatable bonds is 8. The first-order valence-corrected chi connectivity index (χ1v) is 7.70. The van der Waals surface area contributed by atoms with Crippen LogP contribution in [0, 0.1) is 0 Å². The molecule has 0 radical (unpaired) electrons. The van der Waals surface area contributed by atoms with Crippen LogP contribution in [0.2, 0.25) is 0 Å². The van der Waals surface area contributed by atoms with Gasteiger partial charge in [-0.3, -0.25) is 4.79 Å². The Labute approximate surface area is 136 Å². The molecule has 0 unspecified atom stereocenters. The smallest absolute Gasteiger partial charge is 0.276 e. The summed E-state index contributed by atoms with van der Waals surface area (Å²) in [4.78, 5) is 12.2. The van der Waals surface area contributed by atoms with Crippen molar-refractivity contribution in [2.45, 2.75) is 19.8 Å². The molecule has 6 nitrogen and oxygen atoms in total. The molecule has 0 atom stereocenters. The van der Waals surface area contributed by atoms with Gasteiger partial charge in [0.25, 0.3) is 5.91 Å². The van der Waals surface area contributed by atoms with Gasteiger partial charge in [0.05, 0.1) is 0 Å². The van der Waals surface area contributed by atoms with E-state index in [9.17, 15) is 4.79 Å². The SMILES string of the molecule is CCc1ccccc1NC(=O)c1ccc(NCCCOC)nn1. The molecular formula is C17H22N4O2. The van der Waals surface area contributed by atoms with Crippen molar-refractivity contribution in [3.8, 4) is 0 Å². The van der Waals surface area contributed by atoms with E-state index < -0.39 is 0 Å². The maximum Gasteiger partial charge on any atom is 0.276 e. The van der Waals surface area contributed by atoms with Crippen molar-refractivity contribution in [3.05, 3.63) is 47.7 Å². The Balaban J connectivity index is 1.94. The van der Waals surface area contributed by atoms with Crippen molar-refractivity contribution in [3.63, 3.8) is 0 Å². The monoisotopic (exact) mass is 314 g/mol. The Hall–Kier alpha value is -2.47. The number of hydrogen-bond donors (Lipinski definition) is 2. The first kappa shape index (κ1) is 16.9. The van der Waals surface area contributed by atoms with E-state index in [0.29, 0.717) is 18.1 Å². The number of methoxy groups -OCH3 is 1. The molecule has 0 bridgehead atoms. The first-order valence-electron chi connectivity index (χ1n) is 7.70. The normalized spacial score (nSPS) is 10.3. The van der Waals surface area contributed by atoms with Crippen LogP contribution in [0.5, 0.6) is 0 Å². The molecule has 122 valence electrons. The number of ether oxygens (including phenoxy) is 1. The van der Waals surface area contributed by atoms with Crippen molar-refractivity contribution in [2.75, 3.05) is 30.9 Å². The van der Waals surface area contributed by atoms with Gasteiger partial charge in [0.1, 0.15) is 5.82 Å². The third-order valence-corrected chi connectivity index (χ3v) is 3.38. The van der Waals surface area contributed by atoms with E-state index in [1.807, 2.05) is 24.3 Å². The minimum Gasteiger partial charge on any atom is -0.385 e. The fraction of sp³-hybridized carbons (Fsp3) is 0.353. The number of carbonyl (C=O) groups is 1. The van der Waals surface area contributed by atoms with Crippen LogP contribution < -0.4 is 10.6 Å². The van der Waals surface area contributed by atoms with E-state index in [1.54, 1.807) is 19.2 Å². The number of aromatic nitrogens is 2. The summed E-state index contributed by atoms with van der Waals surface area (Å²) in [5.74, 6) is 0.385. The van der Waals surface area contributed by atoms with E-state index >= 15 is 0 Å². The zero-order valence-electron chi connectivity index (χ0n) is 13.5. The molecule has 2 rings (SSSR count). The number of carbonyl (C=O) groups excluding carboxylic acids is 1. The number of aryl methyl sites for hydroxylation is 1. The fourth-order valence-corrected chi connectivity index (χ4v) is 2.12. The van der Waals surface area contributed by atoms with Gasteiger partial charge < -0.3 is 15.4 Å². The van der Waals surface area contributed by atoms with Crippen molar-refractivity contribution in [1.29, 1.82) is 0 Å². The minimum absolute atomic E-state index is 0.260. The number of anilines is 2. The third-order valence-electron chi connectivity index (χ3n) is 3.38. The molecule has 23 heavy (non-hydrogen) atoms. The molecule has 1 aromatic carbocycles. The molecule has 0 fully saturated rings. The minimum atomic E-state index is -0.260. The van der Waals surface area contributed by atoms with Crippen LogP contribution in [-0.4, -0.2) is 36.4 Å². The Bertz CT molecular complexity index is 629. The molecule has 2 aromatic rings. The van der Waals surface area contributed by atoms with Crippen LogP contribution in [0.4, 0.5) is 11.5 Å². The lowest BCUT2D eigenvalue weighted by Gasteiger charge is -2.09. The van der Waals surface area contributed by atoms with Crippen LogP contribution >= 0.6 is 0 Å². The number of hydrogen-bond acceptors (Lipinski definition) is 5. The van der Waals surface area contributed by atoms with Crippen LogP contribution in [0.25, 0.3) is 0 Å². The quantitative estimate of drug-likeness (QED) is 0.733. The van der Waals surface area contributed by atoms with Crippen molar-refractivity contribution >= 4 is 17.4 Å². The lowest BCUT2D eigenvalue weighted by atomic mass is 10.1. The Morgan fingerprint density at radius 2 is 2.00 bits per heavy atom. The second-order valence-corrected chi connectivity index (χ2v) is 5.04. The number of para-hydroxylation sites is 1. The molecule has 6 heteroatoms. The average molecular weight is 314 g/mol. The molecule has 1 heterocycles. The summed E-state index contributed by atoms with van der Waals surface area (Å²) in [5, 5.41) is 14.0. The van der Waals surface area contributed by atoms with Gasteiger partial charge in [-0.2, -0.15) is 0 Å². The lowest BCUT2D eigenvalue weighted by Crippen LogP contribution is -2.16. The summed E-state index contributed by atoms with van der Waals surface area (Å²) in [6.45, 7) is 3.49. The van der Waals surface area contributed by atoms with Gasteiger partial charge in [-0.15, -0.1) is 10.2 Å². The molecule has 0 aliphatic carbocycles. The van der Waals surface area contributed by atoms with Crippen molar-refractivity contribution < 1.29 is 9.53 Å². The van der Waals surface area contributed by atoms with Gasteiger partial charge in [-0.05, 0) is 36.6 Å². The van der Waals surface area contributed by atoms with Gasteiger partial charge in [0, 0.05) is 25.9 Å². The standard InChI is InChI=1S/C17H22N4O2/c1-3-13-7-4-5-8-14(13)19-17(22)15-9-10-16(21-20-15)18-11-6-12-23-2/h4-5,7-10H,3,6,11-12H2,1-2H3,(H,18,21)(H,19,22). The molecule has 0 aliphatic heterocycles. The number of amides is 1. The Kier molecular flexibility index (Phi) is 6.50. The molecule has 0 spiro atoms. The fourth-order valence-electron chi connectivity index (χ4n) is 2.12. The lowest BCUT2D eigenvalue weighted by molar-refractivity contribution is 0.102. The Morgan fingerprint density at radius 3 is 2.70 bits per heavy atom. The van der Waals surface area contributed by atoms with E-state index in [4.69, 9.17) is 4.74 Å². The zero-order chi connectivity index (χ0) is 16.5. The van der Waals surface area contributed by atoms with E-state index in [0.717, 1.165) is 30.6 Å². The van der Waals surface area contributed by atoms with E-state index in [2.05, 4.69) is 27.8 Å². The molecular weight excluding hydrogens is 292 g/mol. The van der Waals surface area contributed by atoms with Gasteiger partial charge >= 0.3 is 0 Å². The third kappa shape index (κ3) is 5.03. The maximum absolute atomic E-state index is 12.2. The molecule has 2 N–H and O–H groups in total. The summed E-state index contributed by atoms with van der Waals surface area (Å²) in [5.41, 5.74) is 2.19. The van der Waals surface area contributed by atoms with Gasteiger partial charge in [-0.1, -0.05) is 25.1 Å². The average Bonchev–Trinajstić information content (AvgIpc) is 2.59. The highest BCUT2D eigenvalue weighted by atomic mass is 16.5. The zero-order valence-corrected chi connectivity index (χ0v) is 13.5. The van der Waals surface area contributed by atoms with Crippen LogP contribution in [-0.2, 0) is 11.2 Å². The van der Waals surface area contributed by atoms with Crippen molar-refractivity contribution in [2.24, 2.45) is 0 Å². The van der Waals surface area contributed by atoms with Gasteiger partial charge in [-0.25, -0.2) is 0 Å². The summed E-state index contributed by atoms with van der Waals surface area (Å²) in [6.07, 6.45) is 1.74. The van der Waals surface area contributed by atoms with Crippen LogP contribution in [0.3, 0.4) is 0 Å². The maximum atomic E-state index is 12.2. The number of nitrogens with one attached hydrogen (secondary N) is 2. The molecule has 0 aliphatic rings. The Morgan fingerprint density at radius 1 is 1.17 bits per heavy atom. The largest absolute Gasteiger partial charge is 0.385 e. The highest BCUT2D eigenvalue weighted by Gasteiger charge is 2.10. The predicted octanol–water partition coefficient (Wildman–Crippen LogP) is 2.74.